The zero-order valence-electron chi connectivity index (χ0n) is 11.7. The standard InChI is InChI=1S/C12H12Cl2N4S.NO3/c13-9-1-2-10(11(14)5-9)12(16-3-4-19-12)6-18-8-15-7-17-18;2-1(3)4/h1-2,5,7-8,16H,3-4,6H2;/q;-1. The van der Waals surface area contributed by atoms with Crippen LogP contribution in [0.2, 0.25) is 10.0 Å². The highest BCUT2D eigenvalue weighted by Crippen LogP contribution is 2.42. The van der Waals surface area contributed by atoms with E-state index in [1.54, 1.807) is 12.4 Å². The Morgan fingerprint density at radius 2 is 2.17 bits per heavy atom. The van der Waals surface area contributed by atoms with E-state index in [1.165, 1.54) is 6.33 Å². The van der Waals surface area contributed by atoms with Crippen LogP contribution in [0.25, 0.3) is 0 Å². The minimum absolute atomic E-state index is 0.268. The van der Waals surface area contributed by atoms with E-state index in [0.29, 0.717) is 16.6 Å². The molecule has 2 heterocycles. The van der Waals surface area contributed by atoms with Gasteiger partial charge in [-0.25, -0.2) is 9.67 Å². The Balaban J connectivity index is 0.000000433. The van der Waals surface area contributed by atoms with Gasteiger partial charge in [-0.3, -0.25) is 5.32 Å². The van der Waals surface area contributed by atoms with Crippen molar-refractivity contribution >= 4 is 35.0 Å². The Bertz CT molecular complexity index is 661. The van der Waals surface area contributed by atoms with Crippen molar-refractivity contribution in [1.29, 1.82) is 0 Å². The van der Waals surface area contributed by atoms with Crippen LogP contribution in [0.4, 0.5) is 0 Å². The number of hydrogen-bond donors (Lipinski definition) is 1. The minimum Gasteiger partial charge on any atom is -0.356 e. The van der Waals surface area contributed by atoms with Crippen molar-refractivity contribution in [2.24, 2.45) is 0 Å². The van der Waals surface area contributed by atoms with Crippen molar-refractivity contribution in [3.8, 4) is 0 Å². The highest BCUT2D eigenvalue weighted by Gasteiger charge is 2.38. The number of aromatic nitrogens is 3. The van der Waals surface area contributed by atoms with Crippen molar-refractivity contribution in [3.05, 3.63) is 61.8 Å². The fourth-order valence-corrected chi connectivity index (χ4v) is 4.19. The van der Waals surface area contributed by atoms with E-state index in [2.05, 4.69) is 15.4 Å². The summed E-state index contributed by atoms with van der Waals surface area (Å²) in [4.78, 5) is 12.0. The number of nitrogens with one attached hydrogen (secondary N) is 1. The highest BCUT2D eigenvalue weighted by molar-refractivity contribution is 8.00. The van der Waals surface area contributed by atoms with Crippen molar-refractivity contribution in [3.63, 3.8) is 0 Å². The molecule has 1 fully saturated rings. The van der Waals surface area contributed by atoms with Crippen LogP contribution in [0.1, 0.15) is 5.56 Å². The molecule has 8 nitrogen and oxygen atoms in total. The zero-order valence-corrected chi connectivity index (χ0v) is 14.0. The number of rotatable bonds is 3. The molecule has 124 valence electrons. The Kier molecular flexibility index (Phi) is 6.05. The summed E-state index contributed by atoms with van der Waals surface area (Å²) in [6, 6.07) is 5.63. The number of benzene rings is 1. The Hall–Kier alpha value is -1.55. The van der Waals surface area contributed by atoms with Crippen LogP contribution in [-0.2, 0) is 11.4 Å². The molecule has 0 amide bonds. The fraction of sp³-hybridized carbons (Fsp3) is 0.333. The maximum Gasteiger partial charge on any atom is 0.137 e. The van der Waals surface area contributed by atoms with E-state index in [1.807, 2.05) is 28.6 Å². The van der Waals surface area contributed by atoms with E-state index in [-0.39, 0.29) is 4.87 Å². The average Bonchev–Trinajstić information content (AvgIpc) is 3.11. The summed E-state index contributed by atoms with van der Waals surface area (Å²) in [5.41, 5.74) is 1.04. The third-order valence-corrected chi connectivity index (χ3v) is 5.02. The molecule has 1 unspecified atom stereocenters. The number of halogens is 2. The van der Waals surface area contributed by atoms with Crippen LogP contribution in [0.5, 0.6) is 0 Å². The number of nitrogens with zero attached hydrogens (tertiary/aromatic N) is 4. The third kappa shape index (κ3) is 4.71. The van der Waals surface area contributed by atoms with E-state index in [9.17, 15) is 0 Å². The Morgan fingerprint density at radius 1 is 1.43 bits per heavy atom. The molecule has 1 aromatic carbocycles. The second-order valence-electron chi connectivity index (χ2n) is 4.54. The second kappa shape index (κ2) is 7.82. The molecular weight excluding hydrogens is 365 g/mol. The normalized spacial score (nSPS) is 19.9. The molecule has 0 spiro atoms. The number of thioether (sulfide) groups is 1. The third-order valence-electron chi connectivity index (χ3n) is 3.08. The van der Waals surface area contributed by atoms with Gasteiger partial charge in [0.05, 0.1) is 11.6 Å². The molecule has 0 bridgehead atoms. The molecule has 0 saturated carbocycles. The van der Waals surface area contributed by atoms with Gasteiger partial charge in [-0.2, -0.15) is 5.10 Å². The summed E-state index contributed by atoms with van der Waals surface area (Å²) in [7, 11) is 0. The summed E-state index contributed by atoms with van der Waals surface area (Å²) in [5.74, 6) is 1.04. The molecule has 23 heavy (non-hydrogen) atoms. The monoisotopic (exact) mass is 376 g/mol. The van der Waals surface area contributed by atoms with Gasteiger partial charge in [0.2, 0.25) is 0 Å². The van der Waals surface area contributed by atoms with E-state index < -0.39 is 5.09 Å². The van der Waals surface area contributed by atoms with Crippen LogP contribution in [-0.4, -0.2) is 32.1 Å². The maximum atomic E-state index is 8.25. The van der Waals surface area contributed by atoms with Crippen LogP contribution in [0, 0.1) is 15.3 Å². The molecular formula is C12H12Cl2N5O3S-. The van der Waals surface area contributed by atoms with Gasteiger partial charge in [-0.1, -0.05) is 29.3 Å². The molecule has 0 radical (unpaired) electrons. The van der Waals surface area contributed by atoms with Gasteiger partial charge in [0.15, 0.2) is 0 Å². The van der Waals surface area contributed by atoms with Gasteiger partial charge >= 0.3 is 0 Å². The first-order chi connectivity index (χ1) is 10.9. The van der Waals surface area contributed by atoms with E-state index in [4.69, 9.17) is 38.5 Å². The van der Waals surface area contributed by atoms with Crippen LogP contribution < -0.4 is 5.32 Å². The lowest BCUT2D eigenvalue weighted by Gasteiger charge is -2.30. The molecule has 1 aliphatic heterocycles. The number of hydrogen-bond acceptors (Lipinski definition) is 7. The van der Waals surface area contributed by atoms with Gasteiger partial charge in [0.1, 0.15) is 17.5 Å². The van der Waals surface area contributed by atoms with Gasteiger partial charge in [-0.15, -0.1) is 11.8 Å². The summed E-state index contributed by atoms with van der Waals surface area (Å²) in [6.07, 6.45) is 3.25. The first-order valence-electron chi connectivity index (χ1n) is 6.41. The topological polar surface area (TPSA) is 109 Å². The predicted octanol–water partition coefficient (Wildman–Crippen LogP) is 2.54. The smallest absolute Gasteiger partial charge is 0.137 e. The molecule has 1 N–H and O–H groups in total. The van der Waals surface area contributed by atoms with Gasteiger partial charge in [0.25, 0.3) is 0 Å². The molecule has 1 saturated heterocycles. The predicted molar refractivity (Wildman–Crippen MR) is 89.0 cm³/mol. The SMILES string of the molecule is Clc1ccc(C2(Cn3cncn3)NCCS2)c(Cl)c1.O=[N+]([O-])[O-]. The Labute approximate surface area is 145 Å². The largest absolute Gasteiger partial charge is 0.356 e. The summed E-state index contributed by atoms with van der Waals surface area (Å²) < 4.78 is 1.82. The molecule has 11 heteroatoms. The van der Waals surface area contributed by atoms with Crippen LogP contribution >= 0.6 is 35.0 Å². The first kappa shape index (κ1) is 17.8. The zero-order chi connectivity index (χ0) is 16.9. The van der Waals surface area contributed by atoms with Crippen molar-refractivity contribution in [2.75, 3.05) is 12.3 Å². The lowest BCUT2D eigenvalue weighted by Crippen LogP contribution is -2.39. The van der Waals surface area contributed by atoms with Gasteiger partial charge in [0, 0.05) is 27.9 Å². The molecule has 1 atom stereocenters. The van der Waals surface area contributed by atoms with Crippen LogP contribution in [0.3, 0.4) is 0 Å². The first-order valence-corrected chi connectivity index (χ1v) is 8.15. The molecule has 1 aromatic heterocycles. The summed E-state index contributed by atoms with van der Waals surface area (Å²) >= 11 is 14.2. The van der Waals surface area contributed by atoms with E-state index in [0.717, 1.165) is 17.9 Å². The molecule has 2 aromatic rings. The Morgan fingerprint density at radius 3 is 2.70 bits per heavy atom. The fourth-order valence-electron chi connectivity index (χ4n) is 2.25. The van der Waals surface area contributed by atoms with Gasteiger partial charge in [-0.05, 0) is 12.1 Å². The molecule has 1 aliphatic rings. The lowest BCUT2D eigenvalue weighted by atomic mass is 10.1. The summed E-state index contributed by atoms with van der Waals surface area (Å²) in [5, 5.41) is 23.8. The quantitative estimate of drug-likeness (QED) is 0.647. The van der Waals surface area contributed by atoms with Crippen LogP contribution in [0.15, 0.2) is 30.9 Å². The minimum atomic E-state index is -1.75. The van der Waals surface area contributed by atoms with E-state index >= 15 is 0 Å². The van der Waals surface area contributed by atoms with Gasteiger partial charge < -0.3 is 15.3 Å². The molecule has 3 rings (SSSR count). The average molecular weight is 377 g/mol. The van der Waals surface area contributed by atoms with Crippen molar-refractivity contribution in [1.82, 2.24) is 20.1 Å². The summed E-state index contributed by atoms with van der Waals surface area (Å²) in [6.45, 7) is 1.62. The second-order valence-corrected chi connectivity index (χ2v) is 6.78. The lowest BCUT2D eigenvalue weighted by molar-refractivity contribution is -0.402. The van der Waals surface area contributed by atoms with Crippen molar-refractivity contribution in [2.45, 2.75) is 11.4 Å². The molecule has 0 aliphatic carbocycles. The highest BCUT2D eigenvalue weighted by atomic mass is 35.5. The van der Waals surface area contributed by atoms with Crippen molar-refractivity contribution < 1.29 is 5.09 Å². The maximum absolute atomic E-state index is 8.25.